The van der Waals surface area contributed by atoms with E-state index < -0.39 is 0 Å². The van der Waals surface area contributed by atoms with Crippen LogP contribution in [0.5, 0.6) is 5.75 Å². The van der Waals surface area contributed by atoms with Gasteiger partial charge >= 0.3 is 0 Å². The molecule has 3 atom stereocenters. The van der Waals surface area contributed by atoms with Crippen LogP contribution in [0.3, 0.4) is 0 Å². The highest BCUT2D eigenvalue weighted by atomic mass is 16.5. The van der Waals surface area contributed by atoms with Gasteiger partial charge in [0.05, 0.1) is 12.3 Å². The van der Waals surface area contributed by atoms with Gasteiger partial charge in [0.2, 0.25) is 0 Å². The van der Waals surface area contributed by atoms with E-state index in [1.165, 1.54) is 128 Å². The van der Waals surface area contributed by atoms with Crippen LogP contribution >= 0.6 is 0 Å². The molecule has 35 heavy (non-hydrogen) atoms. The van der Waals surface area contributed by atoms with Gasteiger partial charge in [-0.05, 0) is 49.1 Å². The van der Waals surface area contributed by atoms with Gasteiger partial charge in [-0.3, -0.25) is 4.98 Å². The van der Waals surface area contributed by atoms with Crippen LogP contribution in [0.25, 0.3) is 0 Å². The highest BCUT2D eigenvalue weighted by molar-refractivity contribution is 5.31. The van der Waals surface area contributed by atoms with Crippen LogP contribution in [0.1, 0.15) is 161 Å². The Balaban J connectivity index is 1.51. The molecule has 1 saturated carbocycles. The van der Waals surface area contributed by atoms with E-state index in [1.807, 2.05) is 12.3 Å². The van der Waals surface area contributed by atoms with Crippen molar-refractivity contribution < 1.29 is 4.74 Å². The minimum Gasteiger partial charge on any atom is -0.492 e. The first-order chi connectivity index (χ1) is 17.1. The fraction of sp³-hybridized carbons (Fsp3) is 0.848. The molecule has 0 unspecified atom stereocenters. The molecule has 0 N–H and O–H groups in total. The van der Waals surface area contributed by atoms with Gasteiger partial charge in [0.1, 0.15) is 5.75 Å². The van der Waals surface area contributed by atoms with Crippen LogP contribution in [0.4, 0.5) is 0 Å². The van der Waals surface area contributed by atoms with Gasteiger partial charge in [-0.1, -0.05) is 130 Å². The third-order valence-electron chi connectivity index (χ3n) is 8.43. The Morgan fingerprint density at radius 1 is 0.800 bits per heavy atom. The number of hydrogen-bond donors (Lipinski definition) is 0. The Morgan fingerprint density at radius 3 is 1.89 bits per heavy atom. The van der Waals surface area contributed by atoms with Gasteiger partial charge in [-0.15, -0.1) is 0 Å². The maximum absolute atomic E-state index is 6.31. The van der Waals surface area contributed by atoms with Crippen molar-refractivity contribution in [3.8, 4) is 5.75 Å². The maximum atomic E-state index is 6.31. The molecular formula is C33H59NO. The summed E-state index contributed by atoms with van der Waals surface area (Å²) >= 11 is 0. The molecule has 0 radical (unpaired) electrons. The number of hydrogen-bond acceptors (Lipinski definition) is 2. The summed E-state index contributed by atoms with van der Waals surface area (Å²) in [6.07, 6.45) is 28.4. The predicted octanol–water partition coefficient (Wildman–Crippen LogP) is 10.9. The first-order valence-electron chi connectivity index (χ1n) is 15.7. The van der Waals surface area contributed by atoms with Crippen LogP contribution in [0, 0.1) is 17.8 Å². The van der Waals surface area contributed by atoms with E-state index in [2.05, 4.69) is 33.8 Å². The largest absolute Gasteiger partial charge is 0.492 e. The number of pyridine rings is 1. The minimum absolute atomic E-state index is 0.556. The lowest BCUT2D eigenvalue weighted by Crippen LogP contribution is -2.27. The van der Waals surface area contributed by atoms with Gasteiger partial charge < -0.3 is 4.74 Å². The molecule has 0 spiro atoms. The number of aromatic nitrogens is 1. The zero-order valence-corrected chi connectivity index (χ0v) is 24.0. The first-order valence-corrected chi connectivity index (χ1v) is 15.7. The molecule has 1 fully saturated rings. The molecule has 2 rings (SSSR count). The highest BCUT2D eigenvalue weighted by Gasteiger charge is 2.34. The number of nitrogens with zero attached hydrogens (tertiary/aromatic N) is 1. The van der Waals surface area contributed by atoms with E-state index in [1.54, 1.807) is 0 Å². The number of rotatable bonds is 20. The number of ether oxygens (including phenoxy) is 1. The van der Waals surface area contributed by atoms with Gasteiger partial charge in [-0.2, -0.15) is 0 Å². The minimum atomic E-state index is 0.556. The maximum Gasteiger partial charge on any atom is 0.141 e. The van der Waals surface area contributed by atoms with E-state index in [9.17, 15) is 0 Å². The molecule has 1 aliphatic rings. The fourth-order valence-corrected chi connectivity index (χ4v) is 6.15. The van der Waals surface area contributed by atoms with Crippen molar-refractivity contribution in [1.82, 2.24) is 4.98 Å². The molecule has 1 aliphatic carbocycles. The predicted molar refractivity (Wildman–Crippen MR) is 153 cm³/mol. The molecule has 2 nitrogen and oxygen atoms in total. The average Bonchev–Trinajstić information content (AvgIpc) is 2.86. The van der Waals surface area contributed by atoms with E-state index in [0.29, 0.717) is 11.8 Å². The molecular weight excluding hydrogens is 426 g/mol. The second kappa shape index (κ2) is 19.1. The lowest BCUT2D eigenvalue weighted by atomic mass is 9.68. The summed E-state index contributed by atoms with van der Waals surface area (Å²) in [4.78, 5) is 4.84. The third-order valence-corrected chi connectivity index (χ3v) is 8.43. The normalized spacial score (nSPS) is 20.4. The van der Waals surface area contributed by atoms with Crippen molar-refractivity contribution in [2.45, 2.75) is 156 Å². The van der Waals surface area contributed by atoms with Crippen LogP contribution in [-0.4, -0.2) is 11.6 Å². The number of unbranched alkanes of at least 4 members (excludes halogenated alkanes) is 15. The van der Waals surface area contributed by atoms with E-state index in [4.69, 9.17) is 9.72 Å². The fourth-order valence-electron chi connectivity index (χ4n) is 6.15. The zero-order valence-electron chi connectivity index (χ0n) is 24.0. The molecule has 1 aromatic heterocycles. The molecule has 0 aromatic carbocycles. The smallest absolute Gasteiger partial charge is 0.141 e. The third kappa shape index (κ3) is 12.7. The topological polar surface area (TPSA) is 22.1 Å². The summed E-state index contributed by atoms with van der Waals surface area (Å²) in [6.45, 7) is 10.3. The van der Waals surface area contributed by atoms with Crippen LogP contribution in [-0.2, 0) is 0 Å². The van der Waals surface area contributed by atoms with Crippen molar-refractivity contribution >= 4 is 0 Å². The van der Waals surface area contributed by atoms with Gasteiger partial charge in [-0.25, -0.2) is 0 Å². The van der Waals surface area contributed by atoms with Crippen molar-refractivity contribution in [3.63, 3.8) is 0 Å². The van der Waals surface area contributed by atoms with Crippen LogP contribution < -0.4 is 4.74 Å². The quantitative estimate of drug-likeness (QED) is 0.171. The summed E-state index contributed by atoms with van der Waals surface area (Å²) in [5.41, 5.74) is 1.23. The first kappa shape index (κ1) is 30.2. The standard InChI is InChI=1S/C33H59NO/c1-5-6-7-8-9-10-11-12-13-14-15-16-17-18-19-20-26-35-32-22-21-25-34-33(32)31-27-29(4)23-24-30(31)28(2)3/h21-22,25,28-31H,5-20,23-24,26-27H2,1-4H3/t29-,30+,31-/m1/s1. The molecule has 0 bridgehead atoms. The van der Waals surface area contributed by atoms with Crippen molar-refractivity contribution in [3.05, 3.63) is 24.0 Å². The Bertz CT molecular complexity index is 627. The summed E-state index contributed by atoms with van der Waals surface area (Å²) < 4.78 is 6.31. The Kier molecular flexibility index (Phi) is 16.5. The van der Waals surface area contributed by atoms with Crippen LogP contribution in [0.2, 0.25) is 0 Å². The lowest BCUT2D eigenvalue weighted by Gasteiger charge is -2.37. The summed E-state index contributed by atoms with van der Waals surface area (Å²) in [7, 11) is 0. The monoisotopic (exact) mass is 485 g/mol. The van der Waals surface area contributed by atoms with Crippen molar-refractivity contribution in [2.24, 2.45) is 17.8 Å². The van der Waals surface area contributed by atoms with Crippen LogP contribution in [0.15, 0.2) is 18.3 Å². The Hall–Kier alpha value is -1.05. The van der Waals surface area contributed by atoms with E-state index in [0.717, 1.165) is 24.2 Å². The second-order valence-corrected chi connectivity index (χ2v) is 12.0. The second-order valence-electron chi connectivity index (χ2n) is 12.0. The van der Waals surface area contributed by atoms with Gasteiger partial charge in [0.15, 0.2) is 0 Å². The Morgan fingerprint density at radius 2 is 1.34 bits per heavy atom. The molecule has 2 heteroatoms. The van der Waals surface area contributed by atoms with E-state index >= 15 is 0 Å². The average molecular weight is 486 g/mol. The Labute approximate surface area is 219 Å². The summed E-state index contributed by atoms with van der Waals surface area (Å²) in [5.74, 6) is 3.85. The molecule has 1 aromatic rings. The van der Waals surface area contributed by atoms with Crippen molar-refractivity contribution in [2.75, 3.05) is 6.61 Å². The van der Waals surface area contributed by atoms with Crippen molar-refractivity contribution in [1.29, 1.82) is 0 Å². The van der Waals surface area contributed by atoms with Gasteiger partial charge in [0.25, 0.3) is 0 Å². The SMILES string of the molecule is CCCCCCCCCCCCCCCCCCOc1cccnc1[C@@H]1C[C@H](C)CC[C@H]1C(C)C. The molecule has 202 valence electrons. The van der Waals surface area contributed by atoms with E-state index in [-0.39, 0.29) is 0 Å². The molecule has 0 saturated heterocycles. The summed E-state index contributed by atoms with van der Waals surface area (Å²) in [6, 6.07) is 4.20. The molecule has 0 amide bonds. The van der Waals surface area contributed by atoms with Gasteiger partial charge in [0, 0.05) is 12.1 Å². The molecule has 1 heterocycles. The summed E-state index contributed by atoms with van der Waals surface area (Å²) in [5, 5.41) is 0. The molecule has 0 aliphatic heterocycles. The highest BCUT2D eigenvalue weighted by Crippen LogP contribution is 2.45. The zero-order chi connectivity index (χ0) is 25.1. The lowest BCUT2D eigenvalue weighted by molar-refractivity contribution is 0.188.